The number of benzene rings is 1. The Morgan fingerprint density at radius 1 is 1.38 bits per heavy atom. The van der Waals surface area contributed by atoms with E-state index in [0.717, 1.165) is 19.3 Å². The van der Waals surface area contributed by atoms with Gasteiger partial charge in [-0.3, -0.25) is 4.79 Å². The molecule has 0 unspecified atom stereocenters. The van der Waals surface area contributed by atoms with Crippen LogP contribution in [0.3, 0.4) is 0 Å². The number of aromatic hydroxyl groups is 1. The molecule has 1 amide bonds. The van der Waals surface area contributed by atoms with Crippen molar-refractivity contribution in [2.45, 2.75) is 24.8 Å². The van der Waals surface area contributed by atoms with Crippen molar-refractivity contribution in [2.24, 2.45) is 0 Å². The molecule has 3 N–H and O–H groups in total. The highest BCUT2D eigenvalue weighted by Crippen LogP contribution is 2.31. The summed E-state index contributed by atoms with van der Waals surface area (Å²) in [5.74, 6) is -0.362. The number of phenolic OH excluding ortho intramolecular Hbond substituents is 1. The summed E-state index contributed by atoms with van der Waals surface area (Å²) in [6, 6.07) is 6.40. The molecule has 0 heterocycles. The minimum atomic E-state index is -0.473. The number of amides is 1. The predicted molar refractivity (Wildman–Crippen MR) is 59.2 cm³/mol. The van der Waals surface area contributed by atoms with Crippen LogP contribution >= 0.6 is 0 Å². The molecule has 1 fully saturated rings. The van der Waals surface area contributed by atoms with Crippen LogP contribution in [0.1, 0.15) is 29.6 Å². The van der Waals surface area contributed by atoms with Gasteiger partial charge in [0.15, 0.2) is 0 Å². The van der Waals surface area contributed by atoms with Gasteiger partial charge in [0.1, 0.15) is 5.75 Å². The van der Waals surface area contributed by atoms with E-state index in [1.807, 2.05) is 0 Å². The molecule has 1 aliphatic carbocycles. The molecule has 16 heavy (non-hydrogen) atoms. The van der Waals surface area contributed by atoms with Crippen LogP contribution in [-0.4, -0.2) is 28.3 Å². The third-order valence-electron chi connectivity index (χ3n) is 3.14. The zero-order valence-electron chi connectivity index (χ0n) is 8.94. The first-order chi connectivity index (χ1) is 7.67. The van der Waals surface area contributed by atoms with Gasteiger partial charge < -0.3 is 15.5 Å². The maximum Gasteiger partial charge on any atom is 0.255 e. The van der Waals surface area contributed by atoms with E-state index in [1.165, 1.54) is 6.07 Å². The number of aliphatic hydroxyl groups excluding tert-OH is 1. The topological polar surface area (TPSA) is 69.6 Å². The van der Waals surface area contributed by atoms with Gasteiger partial charge in [0.2, 0.25) is 0 Å². The summed E-state index contributed by atoms with van der Waals surface area (Å²) in [6.45, 7) is -0.0493. The molecule has 1 aromatic rings. The van der Waals surface area contributed by atoms with Crippen molar-refractivity contribution >= 4 is 5.91 Å². The van der Waals surface area contributed by atoms with Gasteiger partial charge in [-0.1, -0.05) is 12.1 Å². The van der Waals surface area contributed by atoms with Crippen LogP contribution in [0, 0.1) is 0 Å². The minimum Gasteiger partial charge on any atom is -0.507 e. The number of aliphatic hydroxyl groups is 1. The molecule has 0 aromatic heterocycles. The fourth-order valence-corrected chi connectivity index (χ4v) is 1.90. The van der Waals surface area contributed by atoms with Gasteiger partial charge in [0.05, 0.1) is 17.7 Å². The molecule has 1 saturated carbocycles. The maximum atomic E-state index is 11.9. The van der Waals surface area contributed by atoms with E-state index in [2.05, 4.69) is 5.32 Å². The Bertz CT molecular complexity index is 393. The average molecular weight is 221 g/mol. The van der Waals surface area contributed by atoms with E-state index in [0.29, 0.717) is 0 Å². The van der Waals surface area contributed by atoms with Crippen LogP contribution < -0.4 is 5.32 Å². The molecule has 4 nitrogen and oxygen atoms in total. The number of nitrogens with one attached hydrogen (secondary N) is 1. The fourth-order valence-electron chi connectivity index (χ4n) is 1.90. The number of rotatable bonds is 3. The second-order valence-electron chi connectivity index (χ2n) is 4.26. The standard InChI is InChI=1S/C12H15NO3/c14-8-12(6-3-7-12)13-11(16)9-4-1-2-5-10(9)15/h1-2,4-5,14-15H,3,6-8H2,(H,13,16). The van der Waals surface area contributed by atoms with E-state index in [-0.39, 0.29) is 23.8 Å². The summed E-state index contributed by atoms with van der Waals surface area (Å²) in [5, 5.41) is 21.5. The maximum absolute atomic E-state index is 11.9. The largest absolute Gasteiger partial charge is 0.507 e. The molecule has 1 aromatic carbocycles. The molecule has 0 spiro atoms. The number of phenols is 1. The molecule has 0 aliphatic heterocycles. The van der Waals surface area contributed by atoms with Gasteiger partial charge in [-0.2, -0.15) is 0 Å². The summed E-state index contributed by atoms with van der Waals surface area (Å²) in [7, 11) is 0. The van der Waals surface area contributed by atoms with E-state index in [1.54, 1.807) is 18.2 Å². The van der Waals surface area contributed by atoms with E-state index < -0.39 is 5.54 Å². The Kier molecular flexibility index (Phi) is 2.83. The fraction of sp³-hybridized carbons (Fsp3) is 0.417. The van der Waals surface area contributed by atoms with Crippen LogP contribution in [0.4, 0.5) is 0 Å². The lowest BCUT2D eigenvalue weighted by Gasteiger charge is -2.40. The van der Waals surface area contributed by atoms with E-state index in [9.17, 15) is 15.0 Å². The van der Waals surface area contributed by atoms with E-state index >= 15 is 0 Å². The monoisotopic (exact) mass is 221 g/mol. The van der Waals surface area contributed by atoms with Crippen molar-refractivity contribution in [1.29, 1.82) is 0 Å². The molecule has 0 bridgehead atoms. The van der Waals surface area contributed by atoms with Crippen molar-refractivity contribution in [3.05, 3.63) is 29.8 Å². The number of carbonyl (C=O) groups excluding carboxylic acids is 1. The van der Waals surface area contributed by atoms with Gasteiger partial charge in [-0.25, -0.2) is 0 Å². The predicted octanol–water partition coefficient (Wildman–Crippen LogP) is 1.04. The zero-order valence-corrected chi connectivity index (χ0v) is 8.94. The second-order valence-corrected chi connectivity index (χ2v) is 4.26. The third kappa shape index (κ3) is 1.88. The molecule has 86 valence electrons. The van der Waals surface area contributed by atoms with Gasteiger partial charge >= 0.3 is 0 Å². The number of hydrogen-bond donors (Lipinski definition) is 3. The Hall–Kier alpha value is -1.55. The first-order valence-electron chi connectivity index (χ1n) is 5.38. The van der Waals surface area contributed by atoms with Crippen molar-refractivity contribution < 1.29 is 15.0 Å². The quantitative estimate of drug-likeness (QED) is 0.714. The molecule has 1 aliphatic rings. The highest BCUT2D eigenvalue weighted by molar-refractivity contribution is 5.97. The van der Waals surface area contributed by atoms with Crippen LogP contribution in [0.25, 0.3) is 0 Å². The molecule has 0 saturated heterocycles. The summed E-state index contributed by atoms with van der Waals surface area (Å²) in [5.41, 5.74) is -0.221. The number of carbonyl (C=O) groups is 1. The minimum absolute atomic E-state index is 0.0348. The Morgan fingerprint density at radius 2 is 2.06 bits per heavy atom. The average Bonchev–Trinajstić information content (AvgIpc) is 2.24. The van der Waals surface area contributed by atoms with Gasteiger partial charge in [0.25, 0.3) is 5.91 Å². The summed E-state index contributed by atoms with van der Waals surface area (Å²) in [4.78, 5) is 11.9. The van der Waals surface area contributed by atoms with Crippen molar-refractivity contribution in [1.82, 2.24) is 5.32 Å². The zero-order chi connectivity index (χ0) is 11.6. The highest BCUT2D eigenvalue weighted by atomic mass is 16.3. The van der Waals surface area contributed by atoms with Crippen LogP contribution in [-0.2, 0) is 0 Å². The lowest BCUT2D eigenvalue weighted by atomic mass is 9.77. The van der Waals surface area contributed by atoms with Gasteiger partial charge in [0, 0.05) is 0 Å². The second kappa shape index (κ2) is 4.14. The summed E-state index contributed by atoms with van der Waals surface area (Å²) in [6.07, 6.45) is 2.60. The molecule has 4 heteroatoms. The van der Waals surface area contributed by atoms with Crippen LogP contribution in [0.2, 0.25) is 0 Å². The summed E-state index contributed by atoms with van der Waals surface area (Å²) < 4.78 is 0. The third-order valence-corrected chi connectivity index (χ3v) is 3.14. The Morgan fingerprint density at radius 3 is 2.56 bits per heavy atom. The van der Waals surface area contributed by atoms with Gasteiger partial charge in [-0.05, 0) is 31.4 Å². The Labute approximate surface area is 93.9 Å². The molecule has 0 radical (unpaired) electrons. The van der Waals surface area contributed by atoms with Crippen molar-refractivity contribution in [3.63, 3.8) is 0 Å². The molecular formula is C12H15NO3. The molecular weight excluding hydrogens is 206 g/mol. The van der Waals surface area contributed by atoms with Crippen LogP contribution in [0.5, 0.6) is 5.75 Å². The van der Waals surface area contributed by atoms with Crippen molar-refractivity contribution in [3.8, 4) is 5.75 Å². The first kappa shape index (κ1) is 11.0. The SMILES string of the molecule is O=C(NC1(CO)CCC1)c1ccccc1O. The lowest BCUT2D eigenvalue weighted by Crippen LogP contribution is -2.56. The highest BCUT2D eigenvalue weighted by Gasteiger charge is 2.38. The lowest BCUT2D eigenvalue weighted by molar-refractivity contribution is 0.0639. The van der Waals surface area contributed by atoms with Crippen molar-refractivity contribution in [2.75, 3.05) is 6.61 Å². The smallest absolute Gasteiger partial charge is 0.255 e. The molecule has 0 atom stereocenters. The number of hydrogen-bond acceptors (Lipinski definition) is 3. The molecule has 2 rings (SSSR count). The first-order valence-corrected chi connectivity index (χ1v) is 5.38. The van der Waals surface area contributed by atoms with Gasteiger partial charge in [-0.15, -0.1) is 0 Å². The van der Waals surface area contributed by atoms with E-state index in [4.69, 9.17) is 0 Å². The van der Waals surface area contributed by atoms with Crippen LogP contribution in [0.15, 0.2) is 24.3 Å². The normalized spacial score (nSPS) is 17.6. The summed E-state index contributed by atoms with van der Waals surface area (Å²) >= 11 is 0. The number of para-hydroxylation sites is 1. The Balaban J connectivity index is 2.11.